The Labute approximate surface area is 110 Å². The van der Waals surface area contributed by atoms with Crippen LogP contribution in [0.1, 0.15) is 6.42 Å². The van der Waals surface area contributed by atoms with Crippen molar-refractivity contribution in [2.75, 3.05) is 13.1 Å². The summed E-state index contributed by atoms with van der Waals surface area (Å²) in [5, 5.41) is 13.0. The SMILES string of the molecule is O=C(O)CC1(Oc2cccc3ncccc23)CNC1. The van der Waals surface area contributed by atoms with Crippen LogP contribution in [-0.4, -0.2) is 34.8 Å². The maximum absolute atomic E-state index is 10.9. The Morgan fingerprint density at radius 1 is 1.37 bits per heavy atom. The Bertz CT molecular complexity index is 618. The summed E-state index contributed by atoms with van der Waals surface area (Å²) in [6, 6.07) is 9.40. The van der Waals surface area contributed by atoms with E-state index >= 15 is 0 Å². The highest BCUT2D eigenvalue weighted by atomic mass is 16.5. The quantitative estimate of drug-likeness (QED) is 0.868. The van der Waals surface area contributed by atoms with E-state index in [1.165, 1.54) is 0 Å². The highest BCUT2D eigenvalue weighted by Gasteiger charge is 2.41. The minimum absolute atomic E-state index is 0.00332. The van der Waals surface area contributed by atoms with Crippen molar-refractivity contribution in [2.45, 2.75) is 12.0 Å². The number of nitrogens with one attached hydrogen (secondary N) is 1. The van der Waals surface area contributed by atoms with Crippen molar-refractivity contribution in [3.63, 3.8) is 0 Å². The molecule has 0 radical (unpaired) electrons. The van der Waals surface area contributed by atoms with Crippen LogP contribution in [0.2, 0.25) is 0 Å². The van der Waals surface area contributed by atoms with Crippen molar-refractivity contribution in [3.8, 4) is 5.75 Å². The lowest BCUT2D eigenvalue weighted by Crippen LogP contribution is -2.64. The zero-order valence-corrected chi connectivity index (χ0v) is 10.3. The number of fused-ring (bicyclic) bond motifs is 1. The molecule has 0 atom stereocenters. The van der Waals surface area contributed by atoms with E-state index in [1.807, 2.05) is 30.3 Å². The van der Waals surface area contributed by atoms with Gasteiger partial charge < -0.3 is 15.2 Å². The fraction of sp³-hybridized carbons (Fsp3) is 0.286. The average Bonchev–Trinajstić information content (AvgIpc) is 2.36. The summed E-state index contributed by atoms with van der Waals surface area (Å²) in [4.78, 5) is 15.2. The van der Waals surface area contributed by atoms with Crippen LogP contribution in [0.15, 0.2) is 36.5 Å². The minimum atomic E-state index is -0.847. The topological polar surface area (TPSA) is 71.5 Å². The molecule has 98 valence electrons. The summed E-state index contributed by atoms with van der Waals surface area (Å²) < 4.78 is 5.98. The Hall–Kier alpha value is -2.14. The molecule has 1 saturated heterocycles. The van der Waals surface area contributed by atoms with Gasteiger partial charge >= 0.3 is 5.97 Å². The number of carboxylic acid groups (broad SMARTS) is 1. The summed E-state index contributed by atoms with van der Waals surface area (Å²) in [5.41, 5.74) is 0.202. The summed E-state index contributed by atoms with van der Waals surface area (Å²) >= 11 is 0. The lowest BCUT2D eigenvalue weighted by atomic mass is 9.92. The normalized spacial score (nSPS) is 16.8. The smallest absolute Gasteiger partial charge is 0.307 e. The molecule has 0 saturated carbocycles. The number of carbonyl (C=O) groups is 1. The van der Waals surface area contributed by atoms with E-state index in [9.17, 15) is 4.79 Å². The van der Waals surface area contributed by atoms with Gasteiger partial charge in [-0.25, -0.2) is 0 Å². The molecule has 1 aliphatic rings. The van der Waals surface area contributed by atoms with Gasteiger partial charge in [0, 0.05) is 24.7 Å². The third-order valence-electron chi connectivity index (χ3n) is 3.30. The van der Waals surface area contributed by atoms with Gasteiger partial charge in [0.2, 0.25) is 0 Å². The average molecular weight is 258 g/mol. The highest BCUT2D eigenvalue weighted by Crippen LogP contribution is 2.30. The van der Waals surface area contributed by atoms with E-state index in [1.54, 1.807) is 6.20 Å². The third kappa shape index (κ3) is 2.24. The number of ether oxygens (including phenoxy) is 1. The summed E-state index contributed by atoms with van der Waals surface area (Å²) in [5.74, 6) is -0.159. The number of rotatable bonds is 4. The molecular formula is C14H14N2O3. The molecule has 0 aliphatic carbocycles. The molecule has 19 heavy (non-hydrogen) atoms. The Morgan fingerprint density at radius 2 is 2.21 bits per heavy atom. The second kappa shape index (κ2) is 4.51. The summed E-state index contributed by atoms with van der Waals surface area (Å²) in [6.07, 6.45) is 1.72. The molecule has 2 N–H and O–H groups in total. The number of nitrogens with zero attached hydrogens (tertiary/aromatic N) is 1. The third-order valence-corrected chi connectivity index (χ3v) is 3.30. The maximum atomic E-state index is 10.9. The molecule has 0 unspecified atom stereocenters. The first-order valence-corrected chi connectivity index (χ1v) is 6.14. The number of aromatic nitrogens is 1. The molecular weight excluding hydrogens is 244 g/mol. The van der Waals surface area contributed by atoms with Gasteiger partial charge in [-0.2, -0.15) is 0 Å². The van der Waals surface area contributed by atoms with Crippen LogP contribution < -0.4 is 10.1 Å². The van der Waals surface area contributed by atoms with Gasteiger partial charge in [-0.3, -0.25) is 9.78 Å². The summed E-state index contributed by atoms with van der Waals surface area (Å²) in [7, 11) is 0. The first-order valence-electron chi connectivity index (χ1n) is 6.14. The molecule has 2 aromatic rings. The minimum Gasteiger partial charge on any atom is -0.483 e. The van der Waals surface area contributed by atoms with E-state index < -0.39 is 11.6 Å². The first kappa shape index (κ1) is 11.9. The number of pyridine rings is 1. The highest BCUT2D eigenvalue weighted by molar-refractivity contribution is 5.85. The number of hydrogen-bond acceptors (Lipinski definition) is 4. The molecule has 1 aliphatic heterocycles. The van der Waals surface area contributed by atoms with Gasteiger partial charge in [0.1, 0.15) is 11.4 Å². The molecule has 5 nitrogen and oxygen atoms in total. The standard InChI is InChI=1S/C14H14N2O3/c17-13(18)7-14(8-15-9-14)19-12-5-1-4-11-10(12)3-2-6-16-11/h1-6,15H,7-9H2,(H,17,18). The van der Waals surface area contributed by atoms with Gasteiger partial charge in [0.05, 0.1) is 11.9 Å². The van der Waals surface area contributed by atoms with Crippen molar-refractivity contribution >= 4 is 16.9 Å². The molecule has 3 rings (SSSR count). The Morgan fingerprint density at radius 3 is 2.89 bits per heavy atom. The van der Waals surface area contributed by atoms with Crippen molar-refractivity contribution < 1.29 is 14.6 Å². The molecule has 2 heterocycles. The number of aliphatic carboxylic acids is 1. The molecule has 0 bridgehead atoms. The van der Waals surface area contributed by atoms with Crippen LogP contribution in [0.3, 0.4) is 0 Å². The number of carboxylic acids is 1. The monoisotopic (exact) mass is 258 g/mol. The van der Waals surface area contributed by atoms with Crippen molar-refractivity contribution in [3.05, 3.63) is 36.5 Å². The van der Waals surface area contributed by atoms with Crippen LogP contribution in [0.5, 0.6) is 5.75 Å². The van der Waals surface area contributed by atoms with E-state index in [-0.39, 0.29) is 6.42 Å². The molecule has 5 heteroatoms. The van der Waals surface area contributed by atoms with Crippen molar-refractivity contribution in [1.82, 2.24) is 10.3 Å². The van der Waals surface area contributed by atoms with E-state index in [2.05, 4.69) is 10.3 Å². The number of benzene rings is 1. The lowest BCUT2D eigenvalue weighted by Gasteiger charge is -2.41. The van der Waals surface area contributed by atoms with E-state index in [0.717, 1.165) is 10.9 Å². The molecule has 0 spiro atoms. The number of hydrogen-bond donors (Lipinski definition) is 2. The molecule has 1 fully saturated rings. The van der Waals surface area contributed by atoms with Crippen LogP contribution in [-0.2, 0) is 4.79 Å². The van der Waals surface area contributed by atoms with Crippen molar-refractivity contribution in [1.29, 1.82) is 0 Å². The van der Waals surface area contributed by atoms with Crippen LogP contribution >= 0.6 is 0 Å². The van der Waals surface area contributed by atoms with Crippen LogP contribution in [0, 0.1) is 0 Å². The van der Waals surface area contributed by atoms with Gasteiger partial charge in [0.15, 0.2) is 0 Å². The summed E-state index contributed by atoms with van der Waals surface area (Å²) in [6.45, 7) is 1.10. The second-order valence-corrected chi connectivity index (χ2v) is 4.79. The fourth-order valence-corrected chi connectivity index (χ4v) is 2.31. The second-order valence-electron chi connectivity index (χ2n) is 4.79. The van der Waals surface area contributed by atoms with Gasteiger partial charge in [-0.05, 0) is 24.3 Å². The predicted molar refractivity (Wildman–Crippen MR) is 70.2 cm³/mol. The van der Waals surface area contributed by atoms with Gasteiger partial charge in [0.25, 0.3) is 0 Å². The van der Waals surface area contributed by atoms with E-state index in [0.29, 0.717) is 18.8 Å². The zero-order valence-electron chi connectivity index (χ0n) is 10.3. The lowest BCUT2D eigenvalue weighted by molar-refractivity contribution is -0.143. The molecule has 0 amide bonds. The Kier molecular flexibility index (Phi) is 2.83. The van der Waals surface area contributed by atoms with Crippen LogP contribution in [0.25, 0.3) is 10.9 Å². The molecule has 1 aromatic heterocycles. The molecule has 1 aromatic carbocycles. The fourth-order valence-electron chi connectivity index (χ4n) is 2.31. The zero-order chi connectivity index (χ0) is 13.3. The van der Waals surface area contributed by atoms with Gasteiger partial charge in [-0.15, -0.1) is 0 Å². The Balaban J connectivity index is 1.94. The maximum Gasteiger partial charge on any atom is 0.307 e. The van der Waals surface area contributed by atoms with Gasteiger partial charge in [-0.1, -0.05) is 6.07 Å². The van der Waals surface area contributed by atoms with Crippen LogP contribution in [0.4, 0.5) is 0 Å². The van der Waals surface area contributed by atoms with E-state index in [4.69, 9.17) is 9.84 Å². The van der Waals surface area contributed by atoms with Crippen molar-refractivity contribution in [2.24, 2.45) is 0 Å². The predicted octanol–water partition coefficient (Wildman–Crippen LogP) is 1.43. The largest absolute Gasteiger partial charge is 0.483 e. The first-order chi connectivity index (χ1) is 9.19.